The maximum absolute atomic E-state index is 13.5. The van der Waals surface area contributed by atoms with E-state index >= 15 is 0 Å². The van der Waals surface area contributed by atoms with Gasteiger partial charge in [0.2, 0.25) is 5.91 Å². The van der Waals surface area contributed by atoms with Gasteiger partial charge in [0.25, 0.3) is 0 Å². The molecule has 3 aliphatic rings. The summed E-state index contributed by atoms with van der Waals surface area (Å²) in [4.78, 5) is 27.3. The molecular formula is C28H30F5N3O2. The molecule has 1 unspecified atom stereocenters. The van der Waals surface area contributed by atoms with Crippen molar-refractivity contribution in [2.75, 3.05) is 25.0 Å². The zero-order chi connectivity index (χ0) is 27.0. The number of Topliss-reactive ketones (excluding diaryl/α,β-unsaturated/α-hetero) is 1. The van der Waals surface area contributed by atoms with Gasteiger partial charge in [-0.1, -0.05) is 18.2 Å². The molecule has 2 aliphatic carbocycles. The SMILES string of the molecule is O=C(CNC(=O)C1[C@H]2CN(C3CCC(Nc4ccc(F)c(F)c4)CC3)C[C@@H]12)Cc1cccc(C(F)(F)F)c1. The van der Waals surface area contributed by atoms with Gasteiger partial charge in [-0.15, -0.1) is 0 Å². The Kier molecular flexibility index (Phi) is 7.44. The number of rotatable bonds is 8. The van der Waals surface area contributed by atoms with E-state index in [1.54, 1.807) is 6.07 Å². The second kappa shape index (κ2) is 10.6. The number of benzene rings is 2. The topological polar surface area (TPSA) is 61.4 Å². The number of likely N-dealkylation sites (tertiary alicyclic amines) is 1. The predicted molar refractivity (Wildman–Crippen MR) is 131 cm³/mol. The number of hydrogen-bond acceptors (Lipinski definition) is 4. The van der Waals surface area contributed by atoms with Crippen LogP contribution in [0, 0.1) is 29.4 Å². The number of nitrogens with one attached hydrogen (secondary N) is 2. The molecule has 5 rings (SSSR count). The second-order valence-electron chi connectivity index (χ2n) is 10.7. The van der Waals surface area contributed by atoms with Crippen LogP contribution in [0.3, 0.4) is 0 Å². The molecule has 1 heterocycles. The Hall–Kier alpha value is -3.01. The van der Waals surface area contributed by atoms with Crippen molar-refractivity contribution in [1.29, 1.82) is 0 Å². The maximum Gasteiger partial charge on any atom is 0.416 e. The van der Waals surface area contributed by atoms with Gasteiger partial charge >= 0.3 is 6.18 Å². The number of ketones is 1. The summed E-state index contributed by atoms with van der Waals surface area (Å²) in [7, 11) is 0. The Morgan fingerprint density at radius 2 is 1.63 bits per heavy atom. The third-order valence-electron chi connectivity index (χ3n) is 8.14. The summed E-state index contributed by atoms with van der Waals surface area (Å²) < 4.78 is 65.2. The van der Waals surface area contributed by atoms with Gasteiger partial charge in [0, 0.05) is 49.3 Å². The largest absolute Gasteiger partial charge is 0.416 e. The number of nitrogens with zero attached hydrogens (tertiary/aromatic N) is 1. The molecule has 2 aromatic carbocycles. The van der Waals surface area contributed by atoms with Crippen LogP contribution in [0.2, 0.25) is 0 Å². The minimum Gasteiger partial charge on any atom is -0.382 e. The van der Waals surface area contributed by atoms with Crippen molar-refractivity contribution in [2.24, 2.45) is 17.8 Å². The summed E-state index contributed by atoms with van der Waals surface area (Å²) in [6.45, 7) is 1.49. The van der Waals surface area contributed by atoms with Gasteiger partial charge in [0.1, 0.15) is 0 Å². The van der Waals surface area contributed by atoms with E-state index in [1.165, 1.54) is 18.2 Å². The molecule has 2 N–H and O–H groups in total. The van der Waals surface area contributed by atoms with Crippen LogP contribution in [-0.4, -0.2) is 48.3 Å². The number of hydrogen-bond donors (Lipinski definition) is 2. The first-order chi connectivity index (χ1) is 18.1. The Morgan fingerprint density at radius 3 is 2.29 bits per heavy atom. The van der Waals surface area contributed by atoms with Gasteiger partial charge < -0.3 is 10.6 Å². The number of alkyl halides is 3. The molecule has 3 atom stereocenters. The van der Waals surface area contributed by atoms with Crippen molar-refractivity contribution in [3.8, 4) is 0 Å². The number of carbonyl (C=O) groups is 2. The summed E-state index contributed by atoms with van der Waals surface area (Å²) >= 11 is 0. The minimum atomic E-state index is -4.47. The van der Waals surface area contributed by atoms with Gasteiger partial charge in [0.05, 0.1) is 12.1 Å². The molecule has 1 aliphatic heterocycles. The highest BCUT2D eigenvalue weighted by molar-refractivity contribution is 5.89. The standard InChI is InChI=1S/C28H30F5N3O2/c29-24-9-6-19(12-25(24)30)35-18-4-7-20(8-5-18)36-14-22-23(15-36)26(22)27(38)34-13-21(37)11-16-2-1-3-17(10-16)28(31,32)33/h1-3,6,9-10,12,18,20,22-23,26,35H,4-5,7-8,11,13-15H2,(H,34,38)/t18?,20?,22-,23+,26?. The fraction of sp³-hybridized carbons (Fsp3) is 0.500. The van der Waals surface area contributed by atoms with Gasteiger partial charge in [-0.05, 0) is 61.3 Å². The van der Waals surface area contributed by atoms with Crippen LogP contribution in [0.5, 0.6) is 0 Å². The van der Waals surface area contributed by atoms with E-state index in [0.717, 1.165) is 57.0 Å². The highest BCUT2D eigenvalue weighted by atomic mass is 19.4. The van der Waals surface area contributed by atoms with Crippen LogP contribution in [0.25, 0.3) is 0 Å². The molecule has 38 heavy (non-hydrogen) atoms. The zero-order valence-electron chi connectivity index (χ0n) is 20.7. The van der Waals surface area contributed by atoms with Crippen molar-refractivity contribution in [3.63, 3.8) is 0 Å². The lowest BCUT2D eigenvalue weighted by atomic mass is 9.90. The highest BCUT2D eigenvalue weighted by Gasteiger charge is 2.60. The Bertz CT molecular complexity index is 1180. The van der Waals surface area contributed by atoms with Crippen LogP contribution >= 0.6 is 0 Å². The van der Waals surface area contributed by atoms with Crippen LogP contribution in [-0.2, 0) is 22.2 Å². The molecule has 5 nitrogen and oxygen atoms in total. The van der Waals surface area contributed by atoms with Crippen molar-refractivity contribution in [2.45, 2.75) is 50.4 Å². The first-order valence-corrected chi connectivity index (χ1v) is 13.0. The number of halogens is 5. The molecule has 0 bridgehead atoms. The third-order valence-corrected chi connectivity index (χ3v) is 8.14. The van der Waals surface area contributed by atoms with Crippen molar-refractivity contribution < 1.29 is 31.5 Å². The molecule has 10 heteroatoms. The number of anilines is 1. The fourth-order valence-electron chi connectivity index (χ4n) is 6.10. The lowest BCUT2D eigenvalue weighted by Crippen LogP contribution is -2.42. The molecular weight excluding hydrogens is 505 g/mol. The molecule has 3 fully saturated rings. The van der Waals surface area contributed by atoms with E-state index in [-0.39, 0.29) is 54.0 Å². The molecule has 2 saturated carbocycles. The Labute approximate surface area is 217 Å². The fourth-order valence-corrected chi connectivity index (χ4v) is 6.10. The lowest BCUT2D eigenvalue weighted by Gasteiger charge is -2.36. The second-order valence-corrected chi connectivity index (χ2v) is 10.7. The summed E-state index contributed by atoms with van der Waals surface area (Å²) in [5.74, 6) is -1.79. The van der Waals surface area contributed by atoms with Gasteiger partial charge in [-0.25, -0.2) is 8.78 Å². The monoisotopic (exact) mass is 535 g/mol. The average Bonchev–Trinajstić information content (AvgIpc) is 3.38. The van der Waals surface area contributed by atoms with Crippen LogP contribution in [0.15, 0.2) is 42.5 Å². The van der Waals surface area contributed by atoms with Gasteiger partial charge in [-0.2, -0.15) is 13.2 Å². The summed E-state index contributed by atoms with van der Waals surface area (Å²) in [5.41, 5.74) is 0.0555. The molecule has 0 aromatic heterocycles. The zero-order valence-corrected chi connectivity index (χ0v) is 20.7. The first kappa shape index (κ1) is 26.6. The molecule has 0 spiro atoms. The molecule has 0 radical (unpaired) electrons. The summed E-state index contributed by atoms with van der Waals surface area (Å²) in [6.07, 6.45) is -0.806. The van der Waals surface area contributed by atoms with Gasteiger partial charge in [-0.3, -0.25) is 14.5 Å². The van der Waals surface area contributed by atoms with Crippen LogP contribution < -0.4 is 10.6 Å². The number of amides is 1. The maximum atomic E-state index is 13.5. The Morgan fingerprint density at radius 1 is 0.921 bits per heavy atom. The normalized spacial score (nSPS) is 27.0. The van der Waals surface area contributed by atoms with Crippen molar-refractivity contribution in [1.82, 2.24) is 10.2 Å². The Balaban J connectivity index is 1.01. The van der Waals surface area contributed by atoms with Crippen LogP contribution in [0.1, 0.15) is 36.8 Å². The lowest BCUT2D eigenvalue weighted by molar-refractivity contribution is -0.137. The van der Waals surface area contributed by atoms with E-state index in [0.29, 0.717) is 11.7 Å². The minimum absolute atomic E-state index is 0.112. The van der Waals surface area contributed by atoms with Gasteiger partial charge in [0.15, 0.2) is 17.4 Å². The molecule has 1 saturated heterocycles. The number of piperidine rings is 1. The van der Waals surface area contributed by atoms with E-state index in [2.05, 4.69) is 15.5 Å². The van der Waals surface area contributed by atoms with E-state index in [1.807, 2.05) is 0 Å². The van der Waals surface area contributed by atoms with E-state index in [4.69, 9.17) is 0 Å². The first-order valence-electron chi connectivity index (χ1n) is 13.0. The summed E-state index contributed by atoms with van der Waals surface area (Å²) in [5, 5.41) is 5.97. The quantitative estimate of drug-likeness (QED) is 0.477. The van der Waals surface area contributed by atoms with Crippen molar-refractivity contribution >= 4 is 17.4 Å². The molecule has 204 valence electrons. The molecule has 1 amide bonds. The number of fused-ring (bicyclic) bond motifs is 1. The molecule has 2 aromatic rings. The average molecular weight is 536 g/mol. The predicted octanol–water partition coefficient (Wildman–Crippen LogP) is 4.81. The third kappa shape index (κ3) is 6.00. The van der Waals surface area contributed by atoms with Crippen molar-refractivity contribution in [3.05, 3.63) is 65.2 Å². The smallest absolute Gasteiger partial charge is 0.382 e. The van der Waals surface area contributed by atoms with E-state index in [9.17, 15) is 31.5 Å². The number of carbonyl (C=O) groups excluding carboxylic acids is 2. The summed E-state index contributed by atoms with van der Waals surface area (Å²) in [6, 6.07) is 9.16. The van der Waals surface area contributed by atoms with Crippen LogP contribution in [0.4, 0.5) is 27.6 Å². The van der Waals surface area contributed by atoms with E-state index < -0.39 is 23.4 Å². The highest BCUT2D eigenvalue weighted by Crippen LogP contribution is 2.53.